The number of ketones is 1. The lowest BCUT2D eigenvalue weighted by molar-refractivity contribution is -0.129. The van der Waals surface area contributed by atoms with Crippen LogP contribution in [0.2, 0.25) is 0 Å². The van der Waals surface area contributed by atoms with Crippen molar-refractivity contribution in [3.8, 4) is 5.75 Å². The van der Waals surface area contributed by atoms with E-state index in [9.17, 15) is 14.0 Å². The Bertz CT molecular complexity index is 954. The smallest absolute Gasteiger partial charge is 0.237 e. The van der Waals surface area contributed by atoms with Crippen molar-refractivity contribution < 1.29 is 18.7 Å². The van der Waals surface area contributed by atoms with Crippen LogP contribution in [-0.4, -0.2) is 42.3 Å². The first-order valence-corrected chi connectivity index (χ1v) is 11.4. The molecular weight excluding hydrogens is 407 g/mol. The zero-order chi connectivity index (χ0) is 22.7. The van der Waals surface area contributed by atoms with Crippen molar-refractivity contribution in [1.29, 1.82) is 0 Å². The molecule has 1 heterocycles. The fourth-order valence-electron chi connectivity index (χ4n) is 4.55. The van der Waals surface area contributed by atoms with Crippen LogP contribution in [0.1, 0.15) is 61.5 Å². The molecule has 2 aliphatic rings. The molecule has 5 nitrogen and oxygen atoms in total. The molecule has 6 heteroatoms. The average molecular weight is 439 g/mol. The van der Waals surface area contributed by atoms with Crippen LogP contribution in [0.3, 0.4) is 0 Å². The summed E-state index contributed by atoms with van der Waals surface area (Å²) in [7, 11) is 0. The lowest BCUT2D eigenvalue weighted by Gasteiger charge is -2.39. The highest BCUT2D eigenvalue weighted by Gasteiger charge is 2.49. The summed E-state index contributed by atoms with van der Waals surface area (Å²) >= 11 is 0. The third kappa shape index (κ3) is 5.36. The Balaban J connectivity index is 1.36. The quantitative estimate of drug-likeness (QED) is 0.616. The van der Waals surface area contributed by atoms with E-state index in [-0.39, 0.29) is 29.6 Å². The molecule has 2 atom stereocenters. The maximum atomic E-state index is 13.3. The van der Waals surface area contributed by atoms with Gasteiger partial charge in [-0.3, -0.25) is 14.5 Å². The van der Waals surface area contributed by atoms with Gasteiger partial charge in [0.1, 0.15) is 18.2 Å². The molecule has 2 aromatic carbocycles. The van der Waals surface area contributed by atoms with Gasteiger partial charge in [-0.05, 0) is 81.3 Å². The van der Waals surface area contributed by atoms with Gasteiger partial charge in [-0.25, -0.2) is 4.39 Å². The van der Waals surface area contributed by atoms with Crippen LogP contribution in [0.4, 0.5) is 4.39 Å². The number of amides is 1. The average Bonchev–Trinajstić information content (AvgIpc) is 3.54. The molecule has 1 saturated carbocycles. The van der Waals surface area contributed by atoms with Crippen molar-refractivity contribution in [2.45, 2.75) is 51.6 Å². The molecule has 1 aliphatic heterocycles. The molecule has 0 unspecified atom stereocenters. The van der Waals surface area contributed by atoms with Crippen LogP contribution in [0, 0.1) is 11.2 Å². The van der Waals surface area contributed by atoms with Crippen LogP contribution >= 0.6 is 0 Å². The van der Waals surface area contributed by atoms with Crippen molar-refractivity contribution in [1.82, 2.24) is 10.2 Å². The largest absolute Gasteiger partial charge is 0.492 e. The summed E-state index contributed by atoms with van der Waals surface area (Å²) < 4.78 is 18.8. The lowest BCUT2D eigenvalue weighted by Crippen LogP contribution is -2.53. The van der Waals surface area contributed by atoms with Crippen LogP contribution in [0.5, 0.6) is 5.75 Å². The minimum atomic E-state index is -0.287. The monoisotopic (exact) mass is 438 g/mol. The Labute approximate surface area is 188 Å². The summed E-state index contributed by atoms with van der Waals surface area (Å²) in [6, 6.07) is 13.1. The van der Waals surface area contributed by atoms with Gasteiger partial charge in [-0.1, -0.05) is 24.3 Å². The van der Waals surface area contributed by atoms with Crippen molar-refractivity contribution in [2.24, 2.45) is 5.41 Å². The summed E-state index contributed by atoms with van der Waals surface area (Å²) in [6.45, 7) is 5.49. The third-order valence-corrected chi connectivity index (χ3v) is 6.89. The van der Waals surface area contributed by atoms with Crippen molar-refractivity contribution in [3.05, 3.63) is 65.5 Å². The second kappa shape index (κ2) is 9.41. The summed E-state index contributed by atoms with van der Waals surface area (Å²) in [5, 5.41) is 3.18. The molecule has 1 spiro atoms. The number of Topliss-reactive ketones (excluding diaryl/α,β-unsaturated/α-hetero) is 1. The molecule has 1 aliphatic carbocycles. The normalized spacial score (nSPS) is 20.5. The van der Waals surface area contributed by atoms with E-state index in [0.717, 1.165) is 24.9 Å². The van der Waals surface area contributed by atoms with Crippen LogP contribution < -0.4 is 10.1 Å². The number of ether oxygens (including phenoxy) is 1. The topological polar surface area (TPSA) is 58.6 Å². The number of hydrogen-bond acceptors (Lipinski definition) is 4. The van der Waals surface area contributed by atoms with E-state index in [1.807, 2.05) is 19.1 Å². The van der Waals surface area contributed by atoms with Crippen LogP contribution in [-0.2, 0) is 4.79 Å². The first-order chi connectivity index (χ1) is 15.3. The Kier molecular flexibility index (Phi) is 6.60. The molecule has 2 fully saturated rings. The number of nitrogens with one attached hydrogen (secondary N) is 1. The van der Waals surface area contributed by atoms with E-state index in [0.29, 0.717) is 29.9 Å². The van der Waals surface area contributed by atoms with E-state index in [1.54, 1.807) is 31.2 Å². The number of rotatable bonds is 8. The van der Waals surface area contributed by atoms with E-state index in [1.165, 1.54) is 25.0 Å². The molecule has 1 amide bonds. The highest BCUT2D eigenvalue weighted by molar-refractivity contribution is 5.94. The fraction of sp³-hybridized carbons (Fsp3) is 0.462. The number of nitrogens with zero attached hydrogens (tertiary/aromatic N) is 1. The predicted octanol–water partition coefficient (Wildman–Crippen LogP) is 4.53. The van der Waals surface area contributed by atoms with Crippen LogP contribution in [0.25, 0.3) is 0 Å². The van der Waals surface area contributed by atoms with Gasteiger partial charge in [0.15, 0.2) is 5.78 Å². The number of carbonyl (C=O) groups excluding carboxylic acids is 2. The summed E-state index contributed by atoms with van der Waals surface area (Å²) in [4.78, 5) is 27.0. The number of carbonyl (C=O) groups is 2. The molecule has 1 saturated heterocycles. The van der Waals surface area contributed by atoms with E-state index >= 15 is 0 Å². The van der Waals surface area contributed by atoms with Gasteiger partial charge in [-0.2, -0.15) is 0 Å². The van der Waals surface area contributed by atoms with Crippen LogP contribution in [0.15, 0.2) is 48.5 Å². The SMILES string of the molecule is CC(=O)c1ccc([C@H](C)NC(=O)[C@H]2CC3(CCN2CCOc2ccc(F)cc2)CC3)cc1. The first kappa shape index (κ1) is 22.5. The number of hydrogen-bond donors (Lipinski definition) is 1. The summed E-state index contributed by atoms with van der Waals surface area (Å²) in [5.74, 6) is 0.417. The Morgan fingerprint density at radius 1 is 1.12 bits per heavy atom. The van der Waals surface area contributed by atoms with Gasteiger partial charge in [0.25, 0.3) is 0 Å². The number of benzene rings is 2. The van der Waals surface area contributed by atoms with Gasteiger partial charge in [0, 0.05) is 12.1 Å². The zero-order valence-corrected chi connectivity index (χ0v) is 18.8. The summed E-state index contributed by atoms with van der Waals surface area (Å²) in [6.07, 6.45) is 4.41. The maximum absolute atomic E-state index is 13.3. The Morgan fingerprint density at radius 2 is 1.81 bits per heavy atom. The molecule has 32 heavy (non-hydrogen) atoms. The fourth-order valence-corrected chi connectivity index (χ4v) is 4.55. The highest BCUT2D eigenvalue weighted by Crippen LogP contribution is 2.55. The lowest BCUT2D eigenvalue weighted by atomic mass is 9.87. The predicted molar refractivity (Wildman–Crippen MR) is 121 cm³/mol. The molecule has 0 aromatic heterocycles. The molecule has 2 aromatic rings. The Morgan fingerprint density at radius 3 is 2.44 bits per heavy atom. The van der Waals surface area contributed by atoms with Gasteiger partial charge < -0.3 is 10.1 Å². The molecule has 0 bridgehead atoms. The van der Waals surface area contributed by atoms with Gasteiger partial charge in [0.05, 0.1) is 12.1 Å². The third-order valence-electron chi connectivity index (χ3n) is 6.89. The second-order valence-corrected chi connectivity index (χ2v) is 9.22. The van der Waals surface area contributed by atoms with Crippen molar-refractivity contribution in [3.63, 3.8) is 0 Å². The van der Waals surface area contributed by atoms with E-state index in [2.05, 4.69) is 10.2 Å². The number of piperidine rings is 1. The molecule has 1 N–H and O–H groups in total. The minimum absolute atomic E-state index is 0.0312. The number of likely N-dealkylation sites (tertiary alicyclic amines) is 1. The molecule has 0 radical (unpaired) electrons. The maximum Gasteiger partial charge on any atom is 0.237 e. The molecule has 170 valence electrons. The second-order valence-electron chi connectivity index (χ2n) is 9.22. The Hall–Kier alpha value is -2.73. The van der Waals surface area contributed by atoms with Gasteiger partial charge in [-0.15, -0.1) is 0 Å². The first-order valence-electron chi connectivity index (χ1n) is 11.4. The standard InChI is InChI=1S/C26H31FN2O3/c1-18(20-3-5-21(6-4-20)19(2)30)28-25(31)24-17-26(11-12-26)13-14-29(24)15-16-32-23-9-7-22(27)8-10-23/h3-10,18,24H,11-17H2,1-2H3,(H,28,31)/t18-,24+/m0/s1. The van der Waals surface area contributed by atoms with Gasteiger partial charge >= 0.3 is 0 Å². The zero-order valence-electron chi connectivity index (χ0n) is 18.8. The van der Waals surface area contributed by atoms with Crippen molar-refractivity contribution >= 4 is 11.7 Å². The van der Waals surface area contributed by atoms with Gasteiger partial charge in [0.2, 0.25) is 5.91 Å². The van der Waals surface area contributed by atoms with E-state index in [4.69, 9.17) is 4.74 Å². The summed E-state index contributed by atoms with van der Waals surface area (Å²) in [5.41, 5.74) is 1.98. The minimum Gasteiger partial charge on any atom is -0.492 e. The molecular formula is C26H31FN2O3. The highest BCUT2D eigenvalue weighted by atomic mass is 19.1. The van der Waals surface area contributed by atoms with E-state index < -0.39 is 0 Å². The number of halogens is 1. The van der Waals surface area contributed by atoms with Crippen molar-refractivity contribution in [2.75, 3.05) is 19.7 Å². The molecule has 4 rings (SSSR count).